The Morgan fingerprint density at radius 3 is 2.31 bits per heavy atom. The van der Waals surface area contributed by atoms with Crippen LogP contribution in [0.25, 0.3) is 0 Å². The number of aliphatic hydroxyl groups excluding tert-OH is 1. The van der Waals surface area contributed by atoms with Gasteiger partial charge in [-0.3, -0.25) is 0 Å². The molecule has 0 bridgehead atoms. The van der Waals surface area contributed by atoms with E-state index in [4.69, 9.17) is 0 Å². The number of nitrogens with zero attached hydrogens (tertiary/aromatic N) is 1. The van der Waals surface area contributed by atoms with E-state index in [2.05, 4.69) is 33.0 Å². The van der Waals surface area contributed by atoms with E-state index in [1.165, 1.54) is 5.57 Å². The molecule has 2 heteroatoms. The molecule has 0 saturated carbocycles. The van der Waals surface area contributed by atoms with Gasteiger partial charge in [0.05, 0.1) is 0 Å². The smallest absolute Gasteiger partial charge is 0.118 e. The minimum Gasteiger partial charge on any atom is -0.508 e. The molecule has 1 rings (SSSR count). The van der Waals surface area contributed by atoms with Crippen molar-refractivity contribution in [1.29, 1.82) is 0 Å². The maximum Gasteiger partial charge on any atom is 0.118 e. The lowest BCUT2D eigenvalue weighted by Crippen LogP contribution is -2.16. The Morgan fingerprint density at radius 1 is 1.31 bits per heavy atom. The third-order valence-electron chi connectivity index (χ3n) is 2.77. The average Bonchev–Trinajstić information content (AvgIpc) is 2.08. The van der Waals surface area contributed by atoms with Gasteiger partial charge in [0.2, 0.25) is 0 Å². The molecule has 1 aliphatic carbocycles. The van der Waals surface area contributed by atoms with Crippen molar-refractivity contribution in [2.24, 2.45) is 5.41 Å². The average molecular weight is 221 g/mol. The van der Waals surface area contributed by atoms with E-state index >= 15 is 0 Å². The van der Waals surface area contributed by atoms with E-state index in [1.54, 1.807) is 0 Å². The highest BCUT2D eigenvalue weighted by Crippen LogP contribution is 2.38. The van der Waals surface area contributed by atoms with E-state index in [-0.39, 0.29) is 5.41 Å². The molecular formula is C14H23NO. The van der Waals surface area contributed by atoms with E-state index < -0.39 is 0 Å². The van der Waals surface area contributed by atoms with Gasteiger partial charge >= 0.3 is 0 Å². The van der Waals surface area contributed by atoms with Gasteiger partial charge in [-0.05, 0) is 35.5 Å². The van der Waals surface area contributed by atoms with Crippen molar-refractivity contribution in [3.8, 4) is 0 Å². The molecular weight excluding hydrogens is 198 g/mol. The molecule has 0 heterocycles. The minimum absolute atomic E-state index is 0.0189. The van der Waals surface area contributed by atoms with Crippen molar-refractivity contribution < 1.29 is 5.11 Å². The molecule has 0 radical (unpaired) electrons. The van der Waals surface area contributed by atoms with E-state index in [0.717, 1.165) is 17.6 Å². The van der Waals surface area contributed by atoms with Gasteiger partial charge in [-0.1, -0.05) is 26.8 Å². The summed E-state index contributed by atoms with van der Waals surface area (Å²) < 4.78 is 0. The molecule has 0 amide bonds. The lowest BCUT2D eigenvalue weighted by Gasteiger charge is -2.28. The van der Waals surface area contributed by atoms with Gasteiger partial charge in [-0.15, -0.1) is 0 Å². The Bertz CT molecular complexity index is 365. The number of allylic oxidation sites excluding steroid dienone is 4. The summed E-state index contributed by atoms with van der Waals surface area (Å²) in [4.78, 5) is 2.04. The maximum atomic E-state index is 10.1. The first-order chi connectivity index (χ1) is 7.21. The second-order valence-corrected chi connectivity index (χ2v) is 5.75. The zero-order valence-corrected chi connectivity index (χ0v) is 11.3. The van der Waals surface area contributed by atoms with Crippen molar-refractivity contribution in [3.05, 3.63) is 34.8 Å². The van der Waals surface area contributed by atoms with E-state index in [0.29, 0.717) is 5.76 Å². The first kappa shape index (κ1) is 12.9. The third kappa shape index (κ3) is 2.91. The summed E-state index contributed by atoms with van der Waals surface area (Å²) in [6.45, 7) is 8.39. The van der Waals surface area contributed by atoms with Crippen molar-refractivity contribution in [1.82, 2.24) is 4.90 Å². The second-order valence-electron chi connectivity index (χ2n) is 5.75. The molecule has 0 aliphatic heterocycles. The fraction of sp³-hybridized carbons (Fsp3) is 0.571. The molecule has 0 fully saturated rings. The lowest BCUT2D eigenvalue weighted by atomic mass is 9.78. The molecule has 2 nitrogen and oxygen atoms in total. The second kappa shape index (κ2) is 4.36. The Balaban J connectivity index is 3.12. The summed E-state index contributed by atoms with van der Waals surface area (Å²) >= 11 is 0. The van der Waals surface area contributed by atoms with Crippen LogP contribution >= 0.6 is 0 Å². The van der Waals surface area contributed by atoms with Crippen LogP contribution in [0.15, 0.2) is 34.8 Å². The van der Waals surface area contributed by atoms with Crippen LogP contribution in [0.4, 0.5) is 0 Å². The van der Waals surface area contributed by atoms with Crippen LogP contribution in [0.2, 0.25) is 0 Å². The van der Waals surface area contributed by atoms with Gasteiger partial charge in [0.15, 0.2) is 0 Å². The summed E-state index contributed by atoms with van der Waals surface area (Å²) in [6, 6.07) is 0. The Morgan fingerprint density at radius 2 is 1.88 bits per heavy atom. The van der Waals surface area contributed by atoms with Gasteiger partial charge in [0, 0.05) is 20.3 Å². The number of hydrogen-bond acceptors (Lipinski definition) is 2. The topological polar surface area (TPSA) is 23.5 Å². The third-order valence-corrected chi connectivity index (χ3v) is 2.77. The van der Waals surface area contributed by atoms with Gasteiger partial charge in [0.1, 0.15) is 5.76 Å². The quantitative estimate of drug-likeness (QED) is 0.730. The summed E-state index contributed by atoms with van der Waals surface area (Å²) in [6.07, 6.45) is 5.01. The highest BCUT2D eigenvalue weighted by Gasteiger charge is 2.25. The summed E-state index contributed by atoms with van der Waals surface area (Å²) in [5.74, 6) is 0.475. The van der Waals surface area contributed by atoms with Crippen LogP contribution in [0, 0.1) is 5.41 Å². The van der Waals surface area contributed by atoms with Gasteiger partial charge in [-0.25, -0.2) is 0 Å². The van der Waals surface area contributed by atoms with Gasteiger partial charge in [0.25, 0.3) is 0 Å². The first-order valence-corrected chi connectivity index (χ1v) is 5.70. The van der Waals surface area contributed by atoms with Crippen molar-refractivity contribution in [2.75, 3.05) is 14.1 Å². The Labute approximate surface area is 99.0 Å². The fourth-order valence-electron chi connectivity index (χ4n) is 1.96. The summed E-state index contributed by atoms with van der Waals surface area (Å²) in [5, 5.41) is 10.1. The van der Waals surface area contributed by atoms with Crippen LogP contribution in [-0.2, 0) is 0 Å². The molecule has 0 aromatic carbocycles. The summed E-state index contributed by atoms with van der Waals surface area (Å²) in [5.41, 5.74) is 3.36. The van der Waals surface area contributed by atoms with E-state index in [1.807, 2.05) is 25.9 Å². The van der Waals surface area contributed by atoms with Crippen molar-refractivity contribution in [3.63, 3.8) is 0 Å². The van der Waals surface area contributed by atoms with Crippen molar-refractivity contribution >= 4 is 0 Å². The summed E-state index contributed by atoms with van der Waals surface area (Å²) in [7, 11) is 4.04. The highest BCUT2D eigenvalue weighted by molar-refractivity contribution is 5.44. The normalized spacial score (nSPS) is 20.1. The van der Waals surface area contributed by atoms with Crippen molar-refractivity contribution in [2.45, 2.75) is 34.1 Å². The number of aliphatic hydroxyl groups is 1. The Hall–Kier alpha value is -1.18. The molecule has 0 atom stereocenters. The van der Waals surface area contributed by atoms with Crippen LogP contribution in [0.5, 0.6) is 0 Å². The zero-order valence-electron chi connectivity index (χ0n) is 11.3. The zero-order chi connectivity index (χ0) is 12.5. The largest absolute Gasteiger partial charge is 0.508 e. The first-order valence-electron chi connectivity index (χ1n) is 5.70. The predicted molar refractivity (Wildman–Crippen MR) is 69.3 cm³/mol. The minimum atomic E-state index is 0.0189. The highest BCUT2D eigenvalue weighted by atomic mass is 16.3. The molecule has 16 heavy (non-hydrogen) atoms. The molecule has 0 unspecified atom stereocenters. The molecule has 1 N–H and O–H groups in total. The molecule has 1 aliphatic rings. The molecule has 0 aromatic rings. The molecule has 0 aromatic heterocycles. The monoisotopic (exact) mass is 221 g/mol. The van der Waals surface area contributed by atoms with Crippen LogP contribution in [0.1, 0.15) is 34.1 Å². The van der Waals surface area contributed by atoms with Crippen LogP contribution in [0.3, 0.4) is 0 Å². The Kier molecular flexibility index (Phi) is 3.51. The lowest BCUT2D eigenvalue weighted by molar-refractivity contribution is 0.374. The molecule has 0 spiro atoms. The molecule has 90 valence electrons. The van der Waals surface area contributed by atoms with Crippen LogP contribution < -0.4 is 0 Å². The fourth-order valence-corrected chi connectivity index (χ4v) is 1.96. The van der Waals surface area contributed by atoms with Gasteiger partial charge < -0.3 is 10.0 Å². The SMILES string of the molecule is CC1=CC(=CN(C)C)CC(C(C)(C)C)=C1O. The number of hydrogen-bond donors (Lipinski definition) is 1. The van der Waals surface area contributed by atoms with Crippen LogP contribution in [-0.4, -0.2) is 24.1 Å². The van der Waals surface area contributed by atoms with E-state index in [9.17, 15) is 5.11 Å². The predicted octanol–water partition coefficient (Wildman–Crippen LogP) is 3.64. The number of rotatable bonds is 1. The maximum absolute atomic E-state index is 10.1. The standard InChI is InChI=1S/C14H23NO/c1-10-7-11(9-15(5)6)8-12(13(10)16)14(2,3)4/h7,9,16H,8H2,1-6H3. The van der Waals surface area contributed by atoms with Gasteiger partial charge in [-0.2, -0.15) is 0 Å². The molecule has 0 saturated heterocycles.